The molecule has 0 aromatic carbocycles. The molecule has 3 nitrogen and oxygen atoms in total. The monoisotopic (exact) mass is 269 g/mol. The SMILES string of the molecule is CCCC(CNC(C)(C)C)N(C)CC1CCN(C)C1. The van der Waals surface area contributed by atoms with Crippen molar-refractivity contribution in [3.8, 4) is 0 Å². The van der Waals surface area contributed by atoms with Gasteiger partial charge in [0.15, 0.2) is 0 Å². The highest BCUT2D eigenvalue weighted by atomic mass is 15.2. The van der Waals surface area contributed by atoms with E-state index in [9.17, 15) is 0 Å². The number of likely N-dealkylation sites (tertiary alicyclic amines) is 1. The average molecular weight is 269 g/mol. The normalized spacial score (nSPS) is 23.2. The van der Waals surface area contributed by atoms with Crippen molar-refractivity contribution < 1.29 is 0 Å². The summed E-state index contributed by atoms with van der Waals surface area (Å²) in [6, 6.07) is 0.676. The largest absolute Gasteiger partial charge is 0.311 e. The molecule has 1 saturated heterocycles. The Hall–Kier alpha value is -0.120. The molecule has 0 aromatic rings. The molecular weight excluding hydrogens is 234 g/mol. The molecule has 114 valence electrons. The predicted molar refractivity (Wildman–Crippen MR) is 84.7 cm³/mol. The first kappa shape index (κ1) is 16.9. The average Bonchev–Trinajstić information content (AvgIpc) is 2.68. The Bertz CT molecular complexity index is 247. The maximum atomic E-state index is 3.67. The number of nitrogens with zero attached hydrogens (tertiary/aromatic N) is 2. The van der Waals surface area contributed by atoms with Crippen LogP contribution in [0.15, 0.2) is 0 Å². The summed E-state index contributed by atoms with van der Waals surface area (Å²) in [5.74, 6) is 0.865. The Morgan fingerprint density at radius 1 is 1.37 bits per heavy atom. The minimum Gasteiger partial charge on any atom is -0.311 e. The Morgan fingerprint density at radius 2 is 2.05 bits per heavy atom. The molecule has 1 heterocycles. The van der Waals surface area contributed by atoms with Crippen LogP contribution >= 0.6 is 0 Å². The van der Waals surface area contributed by atoms with E-state index in [0.717, 1.165) is 12.5 Å². The van der Waals surface area contributed by atoms with Crippen LogP contribution in [0.4, 0.5) is 0 Å². The fourth-order valence-electron chi connectivity index (χ4n) is 2.97. The highest BCUT2D eigenvalue weighted by Gasteiger charge is 2.24. The third kappa shape index (κ3) is 6.73. The first-order chi connectivity index (χ1) is 8.81. The van der Waals surface area contributed by atoms with E-state index >= 15 is 0 Å². The van der Waals surface area contributed by atoms with Gasteiger partial charge in [-0.1, -0.05) is 13.3 Å². The summed E-state index contributed by atoms with van der Waals surface area (Å²) in [6.07, 6.45) is 3.93. The number of likely N-dealkylation sites (N-methyl/N-ethyl adjacent to an activating group) is 1. The molecule has 1 aliphatic rings. The molecule has 0 radical (unpaired) electrons. The van der Waals surface area contributed by atoms with Gasteiger partial charge in [-0.2, -0.15) is 0 Å². The van der Waals surface area contributed by atoms with Gasteiger partial charge in [0.25, 0.3) is 0 Å². The van der Waals surface area contributed by atoms with E-state index in [0.29, 0.717) is 6.04 Å². The Morgan fingerprint density at radius 3 is 2.53 bits per heavy atom. The van der Waals surface area contributed by atoms with Crippen LogP contribution in [-0.2, 0) is 0 Å². The molecule has 0 aliphatic carbocycles. The lowest BCUT2D eigenvalue weighted by Crippen LogP contribution is -2.47. The molecule has 2 atom stereocenters. The molecule has 0 amide bonds. The van der Waals surface area contributed by atoms with Gasteiger partial charge in [-0.3, -0.25) is 0 Å². The first-order valence-electron chi connectivity index (χ1n) is 7.95. The van der Waals surface area contributed by atoms with Crippen LogP contribution in [0.1, 0.15) is 47.0 Å². The van der Waals surface area contributed by atoms with Crippen LogP contribution < -0.4 is 5.32 Å². The fraction of sp³-hybridized carbons (Fsp3) is 1.00. The van der Waals surface area contributed by atoms with Gasteiger partial charge in [0.1, 0.15) is 0 Å². The number of hydrogen-bond donors (Lipinski definition) is 1. The van der Waals surface area contributed by atoms with E-state index < -0.39 is 0 Å². The molecule has 0 aromatic heterocycles. The van der Waals surface area contributed by atoms with E-state index in [1.165, 1.54) is 38.9 Å². The molecule has 0 spiro atoms. The van der Waals surface area contributed by atoms with Crippen molar-refractivity contribution in [2.75, 3.05) is 40.3 Å². The summed E-state index contributed by atoms with van der Waals surface area (Å²) < 4.78 is 0. The van der Waals surface area contributed by atoms with Crippen LogP contribution in [0.2, 0.25) is 0 Å². The van der Waals surface area contributed by atoms with Crippen molar-refractivity contribution in [3.63, 3.8) is 0 Å². The van der Waals surface area contributed by atoms with Gasteiger partial charge >= 0.3 is 0 Å². The van der Waals surface area contributed by atoms with Crippen molar-refractivity contribution in [1.82, 2.24) is 15.1 Å². The minimum atomic E-state index is 0.223. The Labute approximate surface area is 120 Å². The second-order valence-corrected chi connectivity index (χ2v) is 7.43. The molecule has 3 heteroatoms. The predicted octanol–water partition coefficient (Wildman–Crippen LogP) is 2.43. The standard InChI is InChI=1S/C16H35N3/c1-7-8-15(11-17-16(2,3)4)19(6)13-14-9-10-18(5)12-14/h14-15,17H,7-13H2,1-6H3. The van der Waals surface area contributed by atoms with Gasteiger partial charge in [0, 0.05) is 31.2 Å². The third-order valence-electron chi connectivity index (χ3n) is 4.15. The highest BCUT2D eigenvalue weighted by molar-refractivity contribution is 4.81. The topological polar surface area (TPSA) is 18.5 Å². The van der Waals surface area contributed by atoms with Crippen molar-refractivity contribution >= 4 is 0 Å². The van der Waals surface area contributed by atoms with Crippen molar-refractivity contribution in [2.45, 2.75) is 58.5 Å². The molecule has 2 unspecified atom stereocenters. The minimum absolute atomic E-state index is 0.223. The summed E-state index contributed by atoms with van der Waals surface area (Å²) in [6.45, 7) is 14.0. The number of rotatable bonds is 7. The summed E-state index contributed by atoms with van der Waals surface area (Å²) in [5.41, 5.74) is 0.223. The number of hydrogen-bond acceptors (Lipinski definition) is 3. The third-order valence-corrected chi connectivity index (χ3v) is 4.15. The zero-order chi connectivity index (χ0) is 14.5. The van der Waals surface area contributed by atoms with Gasteiger partial charge in [-0.05, 0) is 60.2 Å². The Kier molecular flexibility index (Phi) is 6.78. The van der Waals surface area contributed by atoms with Gasteiger partial charge in [0.2, 0.25) is 0 Å². The van der Waals surface area contributed by atoms with Gasteiger partial charge in [-0.25, -0.2) is 0 Å². The second-order valence-electron chi connectivity index (χ2n) is 7.43. The van der Waals surface area contributed by atoms with Crippen molar-refractivity contribution in [2.24, 2.45) is 5.92 Å². The van der Waals surface area contributed by atoms with E-state index in [-0.39, 0.29) is 5.54 Å². The first-order valence-corrected chi connectivity index (χ1v) is 7.95. The number of nitrogens with one attached hydrogen (secondary N) is 1. The second kappa shape index (κ2) is 7.61. The fourth-order valence-corrected chi connectivity index (χ4v) is 2.97. The maximum Gasteiger partial charge on any atom is 0.0217 e. The van der Waals surface area contributed by atoms with E-state index in [2.05, 4.69) is 56.9 Å². The summed E-state index contributed by atoms with van der Waals surface area (Å²) >= 11 is 0. The van der Waals surface area contributed by atoms with E-state index in [1.807, 2.05) is 0 Å². The molecule has 19 heavy (non-hydrogen) atoms. The molecule has 1 rings (SSSR count). The maximum absolute atomic E-state index is 3.67. The molecular formula is C16H35N3. The van der Waals surface area contributed by atoms with E-state index in [4.69, 9.17) is 0 Å². The molecule has 0 saturated carbocycles. The zero-order valence-electron chi connectivity index (χ0n) is 14.0. The highest BCUT2D eigenvalue weighted by Crippen LogP contribution is 2.17. The van der Waals surface area contributed by atoms with Gasteiger partial charge in [0.05, 0.1) is 0 Å². The quantitative estimate of drug-likeness (QED) is 0.766. The van der Waals surface area contributed by atoms with Crippen LogP contribution in [0.3, 0.4) is 0 Å². The summed E-state index contributed by atoms with van der Waals surface area (Å²) in [7, 11) is 4.55. The van der Waals surface area contributed by atoms with Crippen molar-refractivity contribution in [1.29, 1.82) is 0 Å². The molecule has 1 N–H and O–H groups in total. The lowest BCUT2D eigenvalue weighted by molar-refractivity contribution is 0.183. The summed E-state index contributed by atoms with van der Waals surface area (Å²) in [4.78, 5) is 5.05. The molecule has 1 fully saturated rings. The lowest BCUT2D eigenvalue weighted by atomic mass is 10.0. The molecule has 1 aliphatic heterocycles. The summed E-state index contributed by atoms with van der Waals surface area (Å²) in [5, 5.41) is 3.67. The van der Waals surface area contributed by atoms with Crippen LogP contribution in [-0.4, -0.2) is 61.7 Å². The van der Waals surface area contributed by atoms with E-state index in [1.54, 1.807) is 0 Å². The van der Waals surface area contributed by atoms with Crippen LogP contribution in [0.25, 0.3) is 0 Å². The molecule has 0 bridgehead atoms. The van der Waals surface area contributed by atoms with Crippen LogP contribution in [0, 0.1) is 5.92 Å². The van der Waals surface area contributed by atoms with Gasteiger partial charge in [-0.15, -0.1) is 0 Å². The van der Waals surface area contributed by atoms with Crippen LogP contribution in [0.5, 0.6) is 0 Å². The lowest BCUT2D eigenvalue weighted by Gasteiger charge is -2.33. The van der Waals surface area contributed by atoms with Crippen molar-refractivity contribution in [3.05, 3.63) is 0 Å². The Balaban J connectivity index is 2.40. The van der Waals surface area contributed by atoms with Gasteiger partial charge < -0.3 is 15.1 Å². The zero-order valence-corrected chi connectivity index (χ0v) is 14.0. The smallest absolute Gasteiger partial charge is 0.0217 e.